The minimum Gasteiger partial charge on any atom is -0.268 e. The monoisotopic (exact) mass is 445 g/mol. The highest BCUT2D eigenvalue weighted by atomic mass is 35.5. The average Bonchev–Trinajstić information content (AvgIpc) is 3.24. The third-order valence-corrected chi connectivity index (χ3v) is 5.97. The van der Waals surface area contributed by atoms with Crippen molar-refractivity contribution in [3.05, 3.63) is 75.6 Å². The summed E-state index contributed by atoms with van der Waals surface area (Å²) in [5.41, 5.74) is 0.261. The van der Waals surface area contributed by atoms with E-state index >= 15 is 0 Å². The number of carbonyl (C=O) groups is 2. The van der Waals surface area contributed by atoms with Crippen LogP contribution < -0.4 is 4.90 Å². The van der Waals surface area contributed by atoms with Crippen LogP contribution in [-0.4, -0.2) is 21.6 Å². The Morgan fingerprint density at radius 1 is 0.903 bits per heavy atom. The number of nitrogens with zero attached hydrogens (tertiary/aromatic N) is 3. The Bertz CT molecular complexity index is 1210. The van der Waals surface area contributed by atoms with Crippen molar-refractivity contribution in [2.75, 3.05) is 4.90 Å². The third-order valence-electron chi connectivity index (χ3n) is 5.66. The first-order valence-corrected chi connectivity index (χ1v) is 10.1. The molecule has 31 heavy (non-hydrogen) atoms. The second kappa shape index (κ2) is 6.95. The molecule has 1 aliphatic carbocycles. The number of rotatable bonds is 2. The Morgan fingerprint density at radius 2 is 1.55 bits per heavy atom. The highest BCUT2D eigenvalue weighted by Gasteiger charge is 2.42. The number of carbonyl (C=O) groups excluding carboxylic acids is 2. The summed E-state index contributed by atoms with van der Waals surface area (Å²) in [6.45, 7) is 0. The van der Waals surface area contributed by atoms with Crippen molar-refractivity contribution in [2.24, 2.45) is 0 Å². The molecule has 5 nitrogen and oxygen atoms in total. The molecule has 0 N–H and O–H groups in total. The maximum Gasteiger partial charge on any atom is 0.435 e. The van der Waals surface area contributed by atoms with E-state index in [1.807, 2.05) is 0 Å². The van der Waals surface area contributed by atoms with Crippen LogP contribution in [0.3, 0.4) is 0 Å². The summed E-state index contributed by atoms with van der Waals surface area (Å²) in [5.74, 6) is -1.11. The number of alkyl halides is 3. The van der Waals surface area contributed by atoms with Crippen molar-refractivity contribution in [3.8, 4) is 5.69 Å². The van der Waals surface area contributed by atoms with Gasteiger partial charge in [-0.05, 0) is 49.9 Å². The van der Waals surface area contributed by atoms with Crippen molar-refractivity contribution in [1.82, 2.24) is 9.78 Å². The molecular weight excluding hydrogens is 431 g/mol. The van der Waals surface area contributed by atoms with Crippen LogP contribution in [-0.2, 0) is 19.0 Å². The highest BCUT2D eigenvalue weighted by Crippen LogP contribution is 2.41. The summed E-state index contributed by atoms with van der Waals surface area (Å²) in [6.07, 6.45) is -2.62. The van der Waals surface area contributed by atoms with E-state index in [0.717, 1.165) is 4.90 Å². The minimum absolute atomic E-state index is 0.0901. The largest absolute Gasteiger partial charge is 0.435 e. The van der Waals surface area contributed by atoms with Crippen LogP contribution in [0.5, 0.6) is 0 Å². The molecule has 0 radical (unpaired) electrons. The van der Waals surface area contributed by atoms with E-state index in [0.29, 0.717) is 25.0 Å². The molecule has 2 aromatic carbocycles. The number of imide groups is 1. The van der Waals surface area contributed by atoms with Crippen molar-refractivity contribution in [3.63, 3.8) is 0 Å². The van der Waals surface area contributed by atoms with E-state index in [2.05, 4.69) is 5.10 Å². The second-order valence-electron chi connectivity index (χ2n) is 7.49. The average molecular weight is 446 g/mol. The summed E-state index contributed by atoms with van der Waals surface area (Å²) in [4.78, 5) is 27.0. The zero-order valence-corrected chi connectivity index (χ0v) is 16.8. The summed E-state index contributed by atoms with van der Waals surface area (Å²) in [5, 5.41) is 3.98. The number of hydrogen-bond acceptors (Lipinski definition) is 3. The molecule has 2 heterocycles. The summed E-state index contributed by atoms with van der Waals surface area (Å²) >= 11 is 6.42. The SMILES string of the molecule is O=C1c2ccccc2C(=O)N1c1cccc(Cl)c1-n1nc(C(F)(F)F)c2c1CCCC2. The molecule has 5 rings (SSSR count). The fraction of sp³-hybridized carbons (Fsp3) is 0.227. The number of halogens is 4. The molecule has 9 heteroatoms. The van der Waals surface area contributed by atoms with Crippen LogP contribution in [0.2, 0.25) is 5.02 Å². The van der Waals surface area contributed by atoms with Gasteiger partial charge in [0.05, 0.1) is 21.8 Å². The maximum absolute atomic E-state index is 13.7. The standard InChI is InChI=1S/C22H15ClF3N3O2/c23-15-9-5-11-17(28-20(30)12-6-1-2-7-13(12)21(28)31)18(15)29-16-10-4-3-8-14(16)19(27-29)22(24,25)26/h1-2,5-7,9,11H,3-4,8,10H2. The zero-order chi connectivity index (χ0) is 21.9. The molecule has 2 amide bonds. The third kappa shape index (κ3) is 2.96. The molecule has 2 aliphatic rings. The Balaban J connectivity index is 1.74. The molecule has 0 fully saturated rings. The van der Waals surface area contributed by atoms with Gasteiger partial charge in [-0.25, -0.2) is 9.58 Å². The van der Waals surface area contributed by atoms with Gasteiger partial charge in [-0.3, -0.25) is 9.59 Å². The number of amides is 2. The molecule has 1 aliphatic heterocycles. The lowest BCUT2D eigenvalue weighted by atomic mass is 9.95. The van der Waals surface area contributed by atoms with Crippen LogP contribution >= 0.6 is 11.6 Å². The topological polar surface area (TPSA) is 55.2 Å². The predicted octanol–water partition coefficient (Wildman–Crippen LogP) is 5.22. The summed E-state index contributed by atoms with van der Waals surface area (Å²) < 4.78 is 42.2. The zero-order valence-electron chi connectivity index (χ0n) is 16.0. The van der Waals surface area contributed by atoms with Gasteiger partial charge in [0.2, 0.25) is 0 Å². The highest BCUT2D eigenvalue weighted by molar-refractivity contribution is 6.37. The Morgan fingerprint density at radius 3 is 2.19 bits per heavy atom. The number of aromatic nitrogens is 2. The first-order chi connectivity index (χ1) is 14.8. The number of para-hydroxylation sites is 1. The first kappa shape index (κ1) is 19.8. The molecular formula is C22H15ClF3N3O2. The lowest BCUT2D eigenvalue weighted by Gasteiger charge is -2.21. The smallest absolute Gasteiger partial charge is 0.268 e. The van der Waals surface area contributed by atoms with E-state index in [1.165, 1.54) is 28.9 Å². The van der Waals surface area contributed by atoms with Crippen molar-refractivity contribution in [1.29, 1.82) is 0 Å². The van der Waals surface area contributed by atoms with Crippen LogP contribution in [0.15, 0.2) is 42.5 Å². The van der Waals surface area contributed by atoms with E-state index < -0.39 is 23.7 Å². The van der Waals surface area contributed by atoms with Gasteiger partial charge in [-0.2, -0.15) is 18.3 Å². The molecule has 0 saturated heterocycles. The van der Waals surface area contributed by atoms with Gasteiger partial charge in [0, 0.05) is 11.3 Å². The van der Waals surface area contributed by atoms with Gasteiger partial charge in [0.15, 0.2) is 5.69 Å². The van der Waals surface area contributed by atoms with Gasteiger partial charge >= 0.3 is 6.18 Å². The second-order valence-corrected chi connectivity index (χ2v) is 7.90. The van der Waals surface area contributed by atoms with E-state index in [1.54, 1.807) is 18.2 Å². The van der Waals surface area contributed by atoms with Crippen LogP contribution in [0, 0.1) is 0 Å². The van der Waals surface area contributed by atoms with Gasteiger partial charge in [-0.15, -0.1) is 0 Å². The fourth-order valence-electron chi connectivity index (χ4n) is 4.31. The molecule has 0 saturated carbocycles. The van der Waals surface area contributed by atoms with Crippen molar-refractivity contribution >= 4 is 29.1 Å². The van der Waals surface area contributed by atoms with E-state index in [4.69, 9.17) is 11.6 Å². The van der Waals surface area contributed by atoms with Crippen LogP contribution in [0.1, 0.15) is 50.5 Å². The van der Waals surface area contributed by atoms with Gasteiger partial charge in [0.25, 0.3) is 11.8 Å². The Hall–Kier alpha value is -3.13. The molecule has 3 aromatic rings. The van der Waals surface area contributed by atoms with E-state index in [9.17, 15) is 22.8 Å². The fourth-order valence-corrected chi connectivity index (χ4v) is 4.56. The summed E-state index contributed by atoms with van der Waals surface area (Å²) in [7, 11) is 0. The van der Waals surface area contributed by atoms with Crippen molar-refractivity contribution < 1.29 is 22.8 Å². The van der Waals surface area contributed by atoms with Crippen LogP contribution in [0.25, 0.3) is 5.69 Å². The van der Waals surface area contributed by atoms with Crippen molar-refractivity contribution in [2.45, 2.75) is 31.9 Å². The first-order valence-electron chi connectivity index (χ1n) is 9.73. The predicted molar refractivity (Wildman–Crippen MR) is 108 cm³/mol. The van der Waals surface area contributed by atoms with Gasteiger partial charge < -0.3 is 0 Å². The molecule has 0 bridgehead atoms. The Labute approximate surface area is 180 Å². The van der Waals surface area contributed by atoms with Gasteiger partial charge in [0.1, 0.15) is 5.69 Å². The number of anilines is 1. The lowest BCUT2D eigenvalue weighted by Crippen LogP contribution is -2.30. The number of benzene rings is 2. The van der Waals surface area contributed by atoms with Crippen LogP contribution in [0.4, 0.5) is 18.9 Å². The maximum atomic E-state index is 13.7. The lowest BCUT2D eigenvalue weighted by molar-refractivity contribution is -0.142. The number of fused-ring (bicyclic) bond motifs is 2. The quantitative estimate of drug-likeness (QED) is 0.508. The van der Waals surface area contributed by atoms with Gasteiger partial charge in [-0.1, -0.05) is 29.8 Å². The number of hydrogen-bond donors (Lipinski definition) is 0. The summed E-state index contributed by atoms with van der Waals surface area (Å²) in [6, 6.07) is 10.9. The normalized spacial score (nSPS) is 15.9. The Kier molecular flexibility index (Phi) is 4.44. The minimum atomic E-state index is -4.62. The molecule has 1 aromatic heterocycles. The molecule has 0 atom stereocenters. The van der Waals surface area contributed by atoms with E-state index in [-0.39, 0.29) is 39.5 Å². The molecule has 158 valence electrons. The molecule has 0 spiro atoms. The molecule has 0 unspecified atom stereocenters.